The summed E-state index contributed by atoms with van der Waals surface area (Å²) in [6.07, 6.45) is 9.27. The van der Waals surface area contributed by atoms with E-state index in [1.54, 1.807) is 0 Å². The van der Waals surface area contributed by atoms with Crippen molar-refractivity contribution in [2.24, 2.45) is 5.92 Å². The Balaban J connectivity index is 1.81. The fraction of sp³-hybridized carbons (Fsp3) is 0.450. The number of hydrogen-bond donors (Lipinski definition) is 0. The summed E-state index contributed by atoms with van der Waals surface area (Å²) in [5.41, 5.74) is 2.69. The van der Waals surface area contributed by atoms with Gasteiger partial charge < -0.3 is 0 Å². The molecule has 1 saturated heterocycles. The molecule has 0 N–H and O–H groups in total. The first-order valence-corrected chi connectivity index (χ1v) is 8.57. The second kappa shape index (κ2) is 7.55. The molecule has 2 nitrogen and oxygen atoms in total. The Hall–Kier alpha value is -1.67. The highest BCUT2D eigenvalue weighted by Gasteiger charge is 2.29. The first-order chi connectivity index (χ1) is 10.9. The Morgan fingerprint density at radius 3 is 2.68 bits per heavy atom. The van der Waals surface area contributed by atoms with E-state index in [0.717, 1.165) is 5.92 Å². The molecule has 0 amide bonds. The van der Waals surface area contributed by atoms with E-state index in [-0.39, 0.29) is 0 Å². The maximum Gasteiger partial charge on any atom is 0.0617 e. The van der Waals surface area contributed by atoms with E-state index in [4.69, 9.17) is 0 Å². The van der Waals surface area contributed by atoms with Crippen LogP contribution in [0.1, 0.15) is 49.8 Å². The molecule has 3 rings (SSSR count). The predicted octanol–water partition coefficient (Wildman–Crippen LogP) is 4.68. The van der Waals surface area contributed by atoms with Crippen LogP contribution in [0.2, 0.25) is 0 Å². The van der Waals surface area contributed by atoms with E-state index in [9.17, 15) is 0 Å². The predicted molar refractivity (Wildman–Crippen MR) is 91.7 cm³/mol. The molecule has 2 unspecified atom stereocenters. The lowest BCUT2D eigenvalue weighted by Gasteiger charge is -2.28. The molecule has 0 saturated carbocycles. The van der Waals surface area contributed by atoms with E-state index in [1.165, 1.54) is 49.9 Å². The smallest absolute Gasteiger partial charge is 0.0617 e. The third-order valence-corrected chi connectivity index (χ3v) is 4.76. The second-order valence-electron chi connectivity index (χ2n) is 6.39. The number of hydrogen-bond acceptors (Lipinski definition) is 2. The van der Waals surface area contributed by atoms with Gasteiger partial charge in [-0.1, -0.05) is 56.2 Å². The van der Waals surface area contributed by atoms with Crippen LogP contribution in [-0.2, 0) is 0 Å². The van der Waals surface area contributed by atoms with Gasteiger partial charge >= 0.3 is 0 Å². The van der Waals surface area contributed by atoms with Gasteiger partial charge in [0.15, 0.2) is 0 Å². The number of aromatic nitrogens is 1. The first-order valence-electron chi connectivity index (χ1n) is 8.57. The Morgan fingerprint density at radius 1 is 1.14 bits per heavy atom. The van der Waals surface area contributed by atoms with Gasteiger partial charge in [-0.15, -0.1) is 0 Å². The Labute approximate surface area is 134 Å². The minimum Gasteiger partial charge on any atom is -0.292 e. The summed E-state index contributed by atoms with van der Waals surface area (Å²) in [4.78, 5) is 6.99. The van der Waals surface area contributed by atoms with Crippen LogP contribution >= 0.6 is 0 Å². The summed E-state index contributed by atoms with van der Waals surface area (Å²) >= 11 is 0. The lowest BCUT2D eigenvalue weighted by Crippen LogP contribution is -2.27. The van der Waals surface area contributed by atoms with E-state index in [0.29, 0.717) is 6.04 Å². The average molecular weight is 294 g/mol. The SMILES string of the molecule is CCCCC1CCN(C(c2ccccc2)c2cccnc2)C1. The van der Waals surface area contributed by atoms with Crippen LogP contribution in [0.5, 0.6) is 0 Å². The molecule has 2 atom stereocenters. The third kappa shape index (κ3) is 3.56. The van der Waals surface area contributed by atoms with Gasteiger partial charge in [0, 0.05) is 18.9 Å². The fourth-order valence-electron chi connectivity index (χ4n) is 3.61. The van der Waals surface area contributed by atoms with Crippen molar-refractivity contribution in [2.75, 3.05) is 13.1 Å². The van der Waals surface area contributed by atoms with Crippen LogP contribution in [0, 0.1) is 5.92 Å². The number of pyridine rings is 1. The topological polar surface area (TPSA) is 16.1 Å². The number of likely N-dealkylation sites (tertiary alicyclic amines) is 1. The number of nitrogens with zero attached hydrogens (tertiary/aromatic N) is 2. The molecule has 0 bridgehead atoms. The maximum atomic E-state index is 4.34. The summed E-state index contributed by atoms with van der Waals surface area (Å²) in [6.45, 7) is 4.70. The van der Waals surface area contributed by atoms with Gasteiger partial charge in [0.1, 0.15) is 0 Å². The quantitative estimate of drug-likeness (QED) is 0.769. The van der Waals surface area contributed by atoms with Crippen molar-refractivity contribution in [3.05, 3.63) is 66.0 Å². The molecule has 0 spiro atoms. The Kier molecular flexibility index (Phi) is 5.23. The lowest BCUT2D eigenvalue weighted by atomic mass is 9.98. The standard InChI is InChI=1S/C20H26N2/c1-2-3-8-17-12-14-22(16-17)20(18-9-5-4-6-10-18)19-11-7-13-21-15-19/h4-7,9-11,13,15,17,20H,2-3,8,12,14,16H2,1H3. The highest BCUT2D eigenvalue weighted by molar-refractivity contribution is 5.30. The molecule has 1 aromatic heterocycles. The molecule has 1 fully saturated rings. The van der Waals surface area contributed by atoms with Crippen molar-refractivity contribution in [3.63, 3.8) is 0 Å². The van der Waals surface area contributed by atoms with Gasteiger partial charge in [0.05, 0.1) is 6.04 Å². The normalized spacial score (nSPS) is 20.1. The highest BCUT2D eigenvalue weighted by Crippen LogP contribution is 2.34. The molecule has 2 aromatic rings. The van der Waals surface area contributed by atoms with Crippen LogP contribution in [-0.4, -0.2) is 23.0 Å². The second-order valence-corrected chi connectivity index (χ2v) is 6.39. The van der Waals surface area contributed by atoms with Crippen LogP contribution in [0.4, 0.5) is 0 Å². The van der Waals surface area contributed by atoms with E-state index in [1.807, 2.05) is 12.4 Å². The molecule has 1 aliphatic heterocycles. The molecule has 116 valence electrons. The van der Waals surface area contributed by atoms with Crippen molar-refractivity contribution in [3.8, 4) is 0 Å². The van der Waals surface area contributed by atoms with Crippen molar-refractivity contribution in [1.29, 1.82) is 0 Å². The van der Waals surface area contributed by atoms with Gasteiger partial charge in [-0.05, 0) is 42.5 Å². The van der Waals surface area contributed by atoms with Crippen molar-refractivity contribution >= 4 is 0 Å². The number of rotatable bonds is 6. The van der Waals surface area contributed by atoms with Crippen LogP contribution in [0.15, 0.2) is 54.9 Å². The summed E-state index contributed by atoms with van der Waals surface area (Å²) in [5.74, 6) is 0.864. The van der Waals surface area contributed by atoms with E-state index in [2.05, 4.69) is 59.3 Å². The summed E-state index contributed by atoms with van der Waals surface area (Å²) in [6, 6.07) is 15.5. The third-order valence-electron chi connectivity index (χ3n) is 4.76. The zero-order valence-corrected chi connectivity index (χ0v) is 13.5. The Morgan fingerprint density at radius 2 is 1.95 bits per heavy atom. The van der Waals surface area contributed by atoms with Crippen molar-refractivity contribution in [1.82, 2.24) is 9.88 Å². The number of benzene rings is 1. The van der Waals surface area contributed by atoms with Gasteiger partial charge in [-0.2, -0.15) is 0 Å². The van der Waals surface area contributed by atoms with Crippen LogP contribution in [0.3, 0.4) is 0 Å². The Bertz CT molecular complexity index is 513. The first kappa shape index (κ1) is 15.2. The zero-order chi connectivity index (χ0) is 15.2. The molecule has 1 aromatic carbocycles. The largest absolute Gasteiger partial charge is 0.292 e. The summed E-state index contributed by atoms with van der Waals surface area (Å²) < 4.78 is 0. The molecule has 22 heavy (non-hydrogen) atoms. The van der Waals surface area contributed by atoms with E-state index < -0.39 is 0 Å². The molecule has 2 heterocycles. The minimum absolute atomic E-state index is 0.349. The molecular weight excluding hydrogens is 268 g/mol. The molecule has 2 heteroatoms. The zero-order valence-electron chi connectivity index (χ0n) is 13.5. The highest BCUT2D eigenvalue weighted by atomic mass is 15.2. The molecule has 1 aliphatic rings. The summed E-state index contributed by atoms with van der Waals surface area (Å²) in [7, 11) is 0. The average Bonchev–Trinajstić information content (AvgIpc) is 3.04. The van der Waals surface area contributed by atoms with Gasteiger partial charge in [-0.25, -0.2) is 0 Å². The number of unbranched alkanes of at least 4 members (excludes halogenated alkanes) is 1. The van der Waals surface area contributed by atoms with Gasteiger partial charge in [0.2, 0.25) is 0 Å². The molecular formula is C20H26N2. The summed E-state index contributed by atoms with van der Waals surface area (Å²) in [5, 5.41) is 0. The van der Waals surface area contributed by atoms with E-state index >= 15 is 0 Å². The van der Waals surface area contributed by atoms with Gasteiger partial charge in [-0.3, -0.25) is 9.88 Å². The van der Waals surface area contributed by atoms with Crippen molar-refractivity contribution < 1.29 is 0 Å². The monoisotopic (exact) mass is 294 g/mol. The minimum atomic E-state index is 0.349. The molecule has 0 radical (unpaired) electrons. The maximum absolute atomic E-state index is 4.34. The van der Waals surface area contributed by atoms with Gasteiger partial charge in [0.25, 0.3) is 0 Å². The lowest BCUT2D eigenvalue weighted by molar-refractivity contribution is 0.266. The van der Waals surface area contributed by atoms with Crippen LogP contribution in [0.25, 0.3) is 0 Å². The van der Waals surface area contributed by atoms with Crippen molar-refractivity contribution in [2.45, 2.75) is 38.6 Å². The fourth-order valence-corrected chi connectivity index (χ4v) is 3.61. The van der Waals surface area contributed by atoms with Crippen LogP contribution < -0.4 is 0 Å². The molecule has 0 aliphatic carbocycles.